The lowest BCUT2D eigenvalue weighted by Crippen LogP contribution is -1.98. The average molecular weight is 203 g/mol. The summed E-state index contributed by atoms with van der Waals surface area (Å²) >= 11 is 0. The zero-order chi connectivity index (χ0) is 11.3. The van der Waals surface area contributed by atoms with Crippen LogP contribution >= 0.6 is 0 Å². The predicted molar refractivity (Wildman–Crippen MR) is 55.4 cm³/mol. The number of hydrogen-bond donors (Lipinski definition) is 1. The fourth-order valence-electron chi connectivity index (χ4n) is 1.01. The third-order valence-corrected chi connectivity index (χ3v) is 1.64. The average Bonchev–Trinajstić information content (AvgIpc) is 2.25. The summed E-state index contributed by atoms with van der Waals surface area (Å²) in [6, 6.07) is 4.17. The van der Waals surface area contributed by atoms with Gasteiger partial charge in [-0.2, -0.15) is 0 Å². The Bertz CT molecular complexity index is 432. The topological polar surface area (TPSA) is 50.9 Å². The minimum atomic E-state index is -1.08. The van der Waals surface area contributed by atoms with Crippen LogP contribution in [0.4, 0.5) is 5.69 Å². The molecule has 0 saturated heterocycles. The van der Waals surface area contributed by atoms with E-state index >= 15 is 0 Å². The second-order valence-corrected chi connectivity index (χ2v) is 2.73. The van der Waals surface area contributed by atoms with Gasteiger partial charge in [-0.1, -0.05) is 12.7 Å². The number of ether oxygens (including phenoxy) is 1. The molecular weight excluding hydrogens is 194 g/mol. The van der Waals surface area contributed by atoms with E-state index in [1.54, 1.807) is 6.08 Å². The van der Waals surface area contributed by atoms with Crippen molar-refractivity contribution in [2.75, 3.05) is 6.61 Å². The van der Waals surface area contributed by atoms with E-state index in [0.717, 1.165) is 0 Å². The summed E-state index contributed by atoms with van der Waals surface area (Å²) in [6.45, 7) is 10.6. The molecule has 0 aliphatic carbocycles. The van der Waals surface area contributed by atoms with Gasteiger partial charge in [0.2, 0.25) is 0 Å². The van der Waals surface area contributed by atoms with Crippen molar-refractivity contribution in [1.29, 1.82) is 0 Å². The molecule has 1 aromatic rings. The molecule has 15 heavy (non-hydrogen) atoms. The van der Waals surface area contributed by atoms with Gasteiger partial charge >= 0.3 is 5.97 Å². The first-order chi connectivity index (χ1) is 7.17. The van der Waals surface area contributed by atoms with Crippen LogP contribution in [-0.4, -0.2) is 17.7 Å². The summed E-state index contributed by atoms with van der Waals surface area (Å²) in [6.07, 6.45) is 1.55. The lowest BCUT2D eigenvalue weighted by atomic mass is 10.2. The Morgan fingerprint density at radius 1 is 1.60 bits per heavy atom. The number of carboxylic acid groups (broad SMARTS) is 1. The minimum Gasteiger partial charge on any atom is -0.491 e. The van der Waals surface area contributed by atoms with E-state index in [-0.39, 0.29) is 17.9 Å². The van der Waals surface area contributed by atoms with E-state index in [9.17, 15) is 4.79 Å². The zero-order valence-corrected chi connectivity index (χ0v) is 7.93. The molecule has 0 amide bonds. The Morgan fingerprint density at radius 2 is 2.33 bits per heavy atom. The van der Waals surface area contributed by atoms with Crippen molar-refractivity contribution in [3.63, 3.8) is 0 Å². The van der Waals surface area contributed by atoms with Crippen LogP contribution in [0.1, 0.15) is 10.4 Å². The normalized spacial score (nSPS) is 9.00. The number of carboxylic acids is 1. The van der Waals surface area contributed by atoms with E-state index in [4.69, 9.17) is 16.4 Å². The first kappa shape index (κ1) is 10.8. The van der Waals surface area contributed by atoms with Gasteiger partial charge in [0.05, 0.1) is 12.1 Å². The zero-order valence-electron chi connectivity index (χ0n) is 7.93. The minimum absolute atomic E-state index is 0.0440. The van der Waals surface area contributed by atoms with Gasteiger partial charge < -0.3 is 9.84 Å². The largest absolute Gasteiger partial charge is 0.491 e. The van der Waals surface area contributed by atoms with Crippen molar-refractivity contribution in [2.45, 2.75) is 0 Å². The number of rotatable bonds is 4. The molecule has 76 valence electrons. The Kier molecular flexibility index (Phi) is 3.47. The summed E-state index contributed by atoms with van der Waals surface area (Å²) in [4.78, 5) is 13.9. The highest BCUT2D eigenvalue weighted by Crippen LogP contribution is 2.23. The predicted octanol–water partition coefficient (Wildman–Crippen LogP) is 2.50. The Balaban J connectivity index is 3.06. The molecule has 0 aliphatic rings. The van der Waals surface area contributed by atoms with Gasteiger partial charge in [0.25, 0.3) is 0 Å². The van der Waals surface area contributed by atoms with Crippen LogP contribution in [0.5, 0.6) is 5.75 Å². The summed E-state index contributed by atoms with van der Waals surface area (Å²) < 4.78 is 5.16. The summed E-state index contributed by atoms with van der Waals surface area (Å²) in [5, 5.41) is 8.78. The number of carbonyl (C=O) groups is 1. The lowest BCUT2D eigenvalue weighted by Gasteiger charge is -2.04. The van der Waals surface area contributed by atoms with Crippen LogP contribution in [0.2, 0.25) is 0 Å². The molecule has 1 aromatic carbocycles. The van der Waals surface area contributed by atoms with Crippen molar-refractivity contribution in [3.8, 4) is 5.75 Å². The SMILES string of the molecule is [C-]#[N+]c1cc(OCC=C)cc(C(=O)O)c1. The third kappa shape index (κ3) is 2.85. The second kappa shape index (κ2) is 4.82. The van der Waals surface area contributed by atoms with Gasteiger partial charge in [0, 0.05) is 0 Å². The molecule has 0 saturated carbocycles. The highest BCUT2D eigenvalue weighted by atomic mass is 16.5. The van der Waals surface area contributed by atoms with E-state index < -0.39 is 5.97 Å². The number of benzene rings is 1. The van der Waals surface area contributed by atoms with Gasteiger partial charge in [-0.3, -0.25) is 0 Å². The highest BCUT2D eigenvalue weighted by molar-refractivity contribution is 5.89. The van der Waals surface area contributed by atoms with E-state index in [1.807, 2.05) is 0 Å². The van der Waals surface area contributed by atoms with Crippen LogP contribution in [0.3, 0.4) is 0 Å². The summed E-state index contributed by atoms with van der Waals surface area (Å²) in [5.41, 5.74) is 0.288. The van der Waals surface area contributed by atoms with Crippen molar-refractivity contribution < 1.29 is 14.6 Å². The molecule has 4 nitrogen and oxygen atoms in total. The van der Waals surface area contributed by atoms with Crippen LogP contribution in [0.25, 0.3) is 4.85 Å². The maximum atomic E-state index is 10.7. The van der Waals surface area contributed by atoms with Gasteiger partial charge in [0.1, 0.15) is 12.4 Å². The summed E-state index contributed by atoms with van der Waals surface area (Å²) in [7, 11) is 0. The Morgan fingerprint density at radius 3 is 2.87 bits per heavy atom. The molecule has 0 bridgehead atoms. The van der Waals surface area contributed by atoms with Gasteiger partial charge in [-0.05, 0) is 18.2 Å². The fraction of sp³-hybridized carbons (Fsp3) is 0.0909. The smallest absolute Gasteiger partial charge is 0.334 e. The van der Waals surface area contributed by atoms with Crippen molar-refractivity contribution >= 4 is 11.7 Å². The molecule has 0 spiro atoms. The standard InChI is InChI=1S/C11H9NO3/c1-3-4-15-10-6-8(11(13)14)5-9(7-10)12-2/h3,5-7H,1,4H2,(H,13,14). The first-order valence-corrected chi connectivity index (χ1v) is 4.17. The molecule has 0 aliphatic heterocycles. The van der Waals surface area contributed by atoms with Crippen LogP contribution in [0, 0.1) is 6.57 Å². The van der Waals surface area contributed by atoms with Gasteiger partial charge in [-0.15, -0.1) is 0 Å². The van der Waals surface area contributed by atoms with Crippen molar-refractivity contribution in [1.82, 2.24) is 0 Å². The first-order valence-electron chi connectivity index (χ1n) is 4.17. The van der Waals surface area contributed by atoms with Crippen LogP contribution < -0.4 is 4.74 Å². The monoisotopic (exact) mass is 203 g/mol. The third-order valence-electron chi connectivity index (χ3n) is 1.64. The quantitative estimate of drug-likeness (QED) is 0.604. The van der Waals surface area contributed by atoms with E-state index in [2.05, 4.69) is 11.4 Å². The molecular formula is C11H9NO3. The molecule has 1 N–H and O–H groups in total. The van der Waals surface area contributed by atoms with E-state index in [0.29, 0.717) is 5.75 Å². The maximum Gasteiger partial charge on any atom is 0.334 e. The highest BCUT2D eigenvalue weighted by Gasteiger charge is 2.07. The Hall–Kier alpha value is -2.28. The van der Waals surface area contributed by atoms with Crippen molar-refractivity contribution in [3.05, 3.63) is 47.8 Å². The molecule has 0 unspecified atom stereocenters. The molecule has 0 aromatic heterocycles. The molecule has 0 heterocycles. The molecule has 0 radical (unpaired) electrons. The molecule has 0 fully saturated rings. The van der Waals surface area contributed by atoms with Crippen LogP contribution in [0.15, 0.2) is 30.9 Å². The molecule has 1 rings (SSSR count). The maximum absolute atomic E-state index is 10.7. The number of hydrogen-bond acceptors (Lipinski definition) is 2. The van der Waals surface area contributed by atoms with Crippen LogP contribution in [-0.2, 0) is 0 Å². The van der Waals surface area contributed by atoms with E-state index in [1.165, 1.54) is 18.2 Å². The second-order valence-electron chi connectivity index (χ2n) is 2.73. The van der Waals surface area contributed by atoms with Crippen molar-refractivity contribution in [2.24, 2.45) is 0 Å². The van der Waals surface area contributed by atoms with Gasteiger partial charge in [-0.25, -0.2) is 9.64 Å². The Labute approximate surface area is 87.2 Å². The summed E-state index contributed by atoms with van der Waals surface area (Å²) in [5.74, 6) is -0.718. The fourth-order valence-corrected chi connectivity index (χ4v) is 1.01. The lowest BCUT2D eigenvalue weighted by molar-refractivity contribution is 0.0696. The number of nitrogens with zero attached hydrogens (tertiary/aromatic N) is 1. The molecule has 4 heteroatoms. The number of aromatic carboxylic acids is 1. The molecule has 0 atom stereocenters. The van der Waals surface area contributed by atoms with Gasteiger partial charge in [0.15, 0.2) is 5.69 Å².